The molecule has 0 unspecified atom stereocenters. The maximum absolute atomic E-state index is 13.2. The van der Waals surface area contributed by atoms with Crippen molar-refractivity contribution < 1.29 is 48.6 Å². The number of benzene rings is 1. The van der Waals surface area contributed by atoms with Crippen molar-refractivity contribution in [3.05, 3.63) is 69.4 Å². The molecule has 0 radical (unpaired) electrons. The van der Waals surface area contributed by atoms with Crippen LogP contribution in [0.5, 0.6) is 5.75 Å². The standard InChI is InChI=1S/C22H21FN4O4.Na/c1-24-21(30)18-20(29)19-16(27(22(18)31)11-17(28)26-15-6-7-15)9-13(10-25-19)8-12-2-4-14(23)5-3-12;/h2-5,9-10,15,29H,6-8,11H2,1H3,(H,24,30)(H,26,28);/q;+1/p-1. The number of halogens is 1. The van der Waals surface area contributed by atoms with Gasteiger partial charge in [-0.2, -0.15) is 0 Å². The molecule has 1 fully saturated rings. The second-order valence-electron chi connectivity index (χ2n) is 7.53. The van der Waals surface area contributed by atoms with Crippen molar-refractivity contribution in [1.29, 1.82) is 0 Å². The molecule has 2 amide bonds. The zero-order valence-electron chi connectivity index (χ0n) is 17.8. The molecule has 0 aliphatic heterocycles. The first-order valence-corrected chi connectivity index (χ1v) is 9.85. The van der Waals surface area contributed by atoms with Crippen LogP contribution in [0.1, 0.15) is 34.3 Å². The molecule has 1 aliphatic carbocycles. The minimum atomic E-state index is -0.844. The van der Waals surface area contributed by atoms with E-state index in [9.17, 15) is 23.9 Å². The number of rotatable bonds is 6. The minimum Gasteiger partial charge on any atom is -0.870 e. The van der Waals surface area contributed by atoms with E-state index in [1.165, 1.54) is 25.4 Å². The van der Waals surface area contributed by atoms with Gasteiger partial charge in [0.2, 0.25) is 5.91 Å². The number of carbonyl (C=O) groups is 2. The van der Waals surface area contributed by atoms with Gasteiger partial charge in [0.1, 0.15) is 12.4 Å². The molecular weight excluding hydrogens is 426 g/mol. The maximum atomic E-state index is 13.2. The van der Waals surface area contributed by atoms with Crippen LogP contribution in [0.25, 0.3) is 11.0 Å². The van der Waals surface area contributed by atoms with E-state index in [1.54, 1.807) is 18.2 Å². The van der Waals surface area contributed by atoms with Crippen molar-refractivity contribution in [3.63, 3.8) is 0 Å². The van der Waals surface area contributed by atoms with Crippen molar-refractivity contribution in [2.75, 3.05) is 7.05 Å². The summed E-state index contributed by atoms with van der Waals surface area (Å²) in [6.45, 7) is -0.336. The Bertz CT molecular complexity index is 1240. The number of pyridine rings is 2. The largest absolute Gasteiger partial charge is 1.00 e. The molecule has 3 aromatic rings. The number of aromatic nitrogens is 2. The summed E-state index contributed by atoms with van der Waals surface area (Å²) in [5, 5.41) is 17.9. The summed E-state index contributed by atoms with van der Waals surface area (Å²) < 4.78 is 14.3. The Kier molecular flexibility index (Phi) is 7.33. The van der Waals surface area contributed by atoms with Crippen LogP contribution in [-0.2, 0) is 17.8 Å². The second-order valence-corrected chi connectivity index (χ2v) is 7.53. The van der Waals surface area contributed by atoms with Crippen molar-refractivity contribution in [1.82, 2.24) is 20.2 Å². The molecule has 0 spiro atoms. The molecule has 0 saturated heterocycles. The Labute approximate surface area is 205 Å². The summed E-state index contributed by atoms with van der Waals surface area (Å²) >= 11 is 0. The van der Waals surface area contributed by atoms with E-state index in [2.05, 4.69) is 15.6 Å². The first-order chi connectivity index (χ1) is 14.9. The first-order valence-electron chi connectivity index (χ1n) is 9.85. The molecule has 10 heteroatoms. The minimum absolute atomic E-state index is 0. The molecule has 0 atom stereocenters. The number of nitrogens with zero attached hydrogens (tertiary/aromatic N) is 2. The fourth-order valence-electron chi connectivity index (χ4n) is 3.40. The molecule has 8 nitrogen and oxygen atoms in total. The Morgan fingerprint density at radius 3 is 2.53 bits per heavy atom. The first kappa shape index (κ1) is 23.9. The number of hydrogen-bond donors (Lipinski definition) is 2. The molecule has 32 heavy (non-hydrogen) atoms. The third kappa shape index (κ3) is 5.01. The van der Waals surface area contributed by atoms with Crippen LogP contribution in [0.4, 0.5) is 4.39 Å². The van der Waals surface area contributed by atoms with Gasteiger partial charge in [-0.1, -0.05) is 17.9 Å². The van der Waals surface area contributed by atoms with E-state index in [1.807, 2.05) is 0 Å². The predicted molar refractivity (Wildman–Crippen MR) is 109 cm³/mol. The van der Waals surface area contributed by atoms with E-state index in [-0.39, 0.29) is 64.9 Å². The van der Waals surface area contributed by atoms with Crippen LogP contribution in [0.15, 0.2) is 41.3 Å². The number of fused-ring (bicyclic) bond motifs is 1. The van der Waals surface area contributed by atoms with Crippen molar-refractivity contribution in [2.45, 2.75) is 31.8 Å². The zero-order chi connectivity index (χ0) is 22.1. The number of carbonyl (C=O) groups excluding carboxylic acids is 2. The summed E-state index contributed by atoms with van der Waals surface area (Å²) in [7, 11) is 1.31. The normalized spacial score (nSPS) is 12.8. The van der Waals surface area contributed by atoms with Crippen LogP contribution in [-0.4, -0.2) is 34.5 Å². The molecular formula is C22H20FN4NaO4. The van der Waals surface area contributed by atoms with Crippen LogP contribution in [0, 0.1) is 5.82 Å². The monoisotopic (exact) mass is 446 g/mol. The van der Waals surface area contributed by atoms with E-state index in [4.69, 9.17) is 0 Å². The van der Waals surface area contributed by atoms with E-state index in [0.29, 0.717) is 12.0 Å². The van der Waals surface area contributed by atoms with Crippen LogP contribution in [0.2, 0.25) is 0 Å². The van der Waals surface area contributed by atoms with Gasteiger partial charge < -0.3 is 15.7 Å². The van der Waals surface area contributed by atoms with Gasteiger partial charge in [-0.05, 0) is 48.6 Å². The summed E-state index contributed by atoms with van der Waals surface area (Å²) in [4.78, 5) is 41.8. The summed E-state index contributed by atoms with van der Waals surface area (Å²) in [5.41, 5.74) is 0.166. The topological polar surface area (TPSA) is 116 Å². The van der Waals surface area contributed by atoms with Gasteiger partial charge in [-0.25, -0.2) is 4.39 Å². The van der Waals surface area contributed by atoms with Gasteiger partial charge >= 0.3 is 29.6 Å². The average molecular weight is 446 g/mol. The quantitative estimate of drug-likeness (QED) is 0.419. The molecule has 160 valence electrons. The Hall–Kier alpha value is -2.75. The second kappa shape index (κ2) is 9.81. The zero-order valence-corrected chi connectivity index (χ0v) is 19.8. The summed E-state index contributed by atoms with van der Waals surface area (Å²) in [6.07, 6.45) is 3.62. The molecule has 2 N–H and O–H groups in total. The maximum Gasteiger partial charge on any atom is 1.00 e. The average Bonchev–Trinajstić information content (AvgIpc) is 3.56. The van der Waals surface area contributed by atoms with Crippen molar-refractivity contribution in [3.8, 4) is 5.75 Å². The molecule has 2 heterocycles. The molecule has 1 aliphatic rings. The summed E-state index contributed by atoms with van der Waals surface area (Å²) in [5.74, 6) is -2.35. The Morgan fingerprint density at radius 2 is 1.91 bits per heavy atom. The number of nitrogens with one attached hydrogen (secondary N) is 2. The smallest absolute Gasteiger partial charge is 0.870 e. The molecule has 2 aromatic heterocycles. The predicted octanol–water partition coefficient (Wildman–Crippen LogP) is -2.16. The van der Waals surface area contributed by atoms with E-state index < -0.39 is 22.8 Å². The van der Waals surface area contributed by atoms with Gasteiger partial charge in [0.25, 0.3) is 11.5 Å². The molecule has 1 saturated carbocycles. The molecule has 0 bridgehead atoms. The fraction of sp³-hybridized carbons (Fsp3) is 0.273. The fourth-order valence-corrected chi connectivity index (χ4v) is 3.40. The van der Waals surface area contributed by atoms with Gasteiger partial charge in [0, 0.05) is 19.3 Å². The summed E-state index contributed by atoms with van der Waals surface area (Å²) in [6, 6.07) is 7.64. The van der Waals surface area contributed by atoms with Crippen LogP contribution >= 0.6 is 0 Å². The molecule has 4 rings (SSSR count). The van der Waals surface area contributed by atoms with Crippen molar-refractivity contribution in [2.24, 2.45) is 0 Å². The van der Waals surface area contributed by atoms with E-state index in [0.717, 1.165) is 23.0 Å². The number of amides is 2. The van der Waals surface area contributed by atoms with Crippen molar-refractivity contribution >= 4 is 22.8 Å². The van der Waals surface area contributed by atoms with Gasteiger partial charge in [-0.3, -0.25) is 23.9 Å². The van der Waals surface area contributed by atoms with Gasteiger partial charge in [0.15, 0.2) is 0 Å². The molecule has 1 aromatic carbocycles. The van der Waals surface area contributed by atoms with Gasteiger partial charge in [-0.15, -0.1) is 0 Å². The van der Waals surface area contributed by atoms with Gasteiger partial charge in [0.05, 0.1) is 16.6 Å². The Morgan fingerprint density at radius 1 is 1.22 bits per heavy atom. The van der Waals surface area contributed by atoms with Crippen LogP contribution < -0.4 is 50.9 Å². The van der Waals surface area contributed by atoms with E-state index >= 15 is 0 Å². The SMILES string of the molecule is CNC(=O)c1c([O-])c2ncc(Cc3ccc(F)cc3)cc2n(CC(=O)NC2CC2)c1=O.[Na+]. The number of hydrogen-bond acceptors (Lipinski definition) is 5. The Balaban J connectivity index is 0.00000289. The van der Waals surface area contributed by atoms with Crippen LogP contribution in [0.3, 0.4) is 0 Å². The third-order valence-electron chi connectivity index (χ3n) is 5.14. The third-order valence-corrected chi connectivity index (χ3v) is 5.14.